The Labute approximate surface area is 259 Å². The fourth-order valence-electron chi connectivity index (χ4n) is 8.28. The predicted octanol–water partition coefficient (Wildman–Crippen LogP) is 7.18. The number of aromatic nitrogens is 2. The van der Waals surface area contributed by atoms with Crippen LogP contribution in [-0.2, 0) is 10.2 Å². The summed E-state index contributed by atoms with van der Waals surface area (Å²) in [5, 5.41) is 0.982. The number of hydrogen-bond acceptors (Lipinski definition) is 5. The number of hydrogen-bond donors (Lipinski definition) is 0. The molecule has 0 atom stereocenters. The van der Waals surface area contributed by atoms with E-state index in [1.54, 1.807) is 6.07 Å². The van der Waals surface area contributed by atoms with Crippen LogP contribution >= 0.6 is 11.6 Å². The average molecular weight is 603 g/mol. The van der Waals surface area contributed by atoms with Crippen molar-refractivity contribution in [2.24, 2.45) is 0 Å². The number of rotatable bonds is 2. The highest BCUT2D eigenvalue weighted by Crippen LogP contribution is 2.52. The summed E-state index contributed by atoms with van der Waals surface area (Å²) in [6.45, 7) is 9.48. The zero-order valence-electron chi connectivity index (χ0n) is 25.7. The molecule has 228 valence electrons. The summed E-state index contributed by atoms with van der Waals surface area (Å²) in [7, 11) is 0. The van der Waals surface area contributed by atoms with Gasteiger partial charge in [-0.3, -0.25) is 9.36 Å². The maximum atomic E-state index is 13.3. The number of piperidine rings is 2. The Morgan fingerprint density at radius 1 is 0.977 bits per heavy atom. The quantitative estimate of drug-likeness (QED) is 0.311. The lowest BCUT2D eigenvalue weighted by atomic mass is 9.69. The van der Waals surface area contributed by atoms with Gasteiger partial charge < -0.3 is 14.5 Å². The number of carbonyl (C=O) groups excluding carboxylic acids is 1. The highest BCUT2D eigenvalue weighted by atomic mass is 35.5. The van der Waals surface area contributed by atoms with Crippen LogP contribution in [0.5, 0.6) is 0 Å². The molecule has 7 rings (SSSR count). The highest BCUT2D eigenvalue weighted by molar-refractivity contribution is 6.35. The molecule has 0 unspecified atom stereocenters. The van der Waals surface area contributed by atoms with Crippen molar-refractivity contribution in [3.05, 3.63) is 68.7 Å². The molecule has 0 radical (unpaired) electrons. The van der Waals surface area contributed by atoms with Crippen molar-refractivity contribution >= 4 is 28.6 Å². The first kappa shape index (κ1) is 28.8. The minimum atomic E-state index is -0.456. The van der Waals surface area contributed by atoms with Crippen LogP contribution in [0.25, 0.3) is 16.6 Å². The Morgan fingerprint density at radius 2 is 1.70 bits per heavy atom. The van der Waals surface area contributed by atoms with E-state index in [9.17, 15) is 9.59 Å². The van der Waals surface area contributed by atoms with Gasteiger partial charge in [0.05, 0.1) is 27.0 Å². The van der Waals surface area contributed by atoms with E-state index >= 15 is 0 Å². The zero-order valence-corrected chi connectivity index (χ0v) is 26.5. The number of carbonyl (C=O) groups is 1. The summed E-state index contributed by atoms with van der Waals surface area (Å²) in [5.74, 6) is 1.43. The first-order valence-corrected chi connectivity index (χ1v) is 16.6. The molecular weight excluding hydrogens is 560 g/mol. The molecule has 3 fully saturated rings. The normalized spacial score (nSPS) is 21.3. The zero-order chi connectivity index (χ0) is 29.9. The molecule has 2 saturated heterocycles. The fraction of sp³-hybridized carbons (Fsp3) is 0.571. The van der Waals surface area contributed by atoms with Gasteiger partial charge in [-0.25, -0.2) is 4.79 Å². The highest BCUT2D eigenvalue weighted by Gasteiger charge is 2.47. The lowest BCUT2D eigenvalue weighted by molar-refractivity contribution is 0.0127. The molecular formula is C35H43ClN4O3. The molecule has 2 aromatic carbocycles. The second-order valence-electron chi connectivity index (χ2n) is 14.1. The Kier molecular flexibility index (Phi) is 7.32. The largest absolute Gasteiger partial charge is 0.444 e. The minimum absolute atomic E-state index is 0.185. The van der Waals surface area contributed by atoms with Gasteiger partial charge in [0, 0.05) is 19.1 Å². The van der Waals surface area contributed by atoms with E-state index in [0.717, 1.165) is 94.6 Å². The summed E-state index contributed by atoms with van der Waals surface area (Å²) < 4.78 is 7.83. The molecule has 8 heteroatoms. The van der Waals surface area contributed by atoms with E-state index in [0.29, 0.717) is 22.4 Å². The molecule has 4 aliphatic rings. The third-order valence-corrected chi connectivity index (χ3v) is 10.7. The maximum absolute atomic E-state index is 13.3. The van der Waals surface area contributed by atoms with Crippen molar-refractivity contribution in [1.82, 2.24) is 19.4 Å². The lowest BCUT2D eigenvalue weighted by Gasteiger charge is -2.42. The standard InChI is InChI=1S/C35H43ClN4O3/c1-34(2,3)43-33(42)39-20-14-25(15-21-39)38-18-12-23(13-19-38)24-10-11-28-26(22-24)35(16-5-4-6-17-35)32-37-31(41)30-27(36)8-7-9-29(30)40(28)32/h7-11,22-23,25H,4-6,12-21H2,1-3H3. The lowest BCUT2D eigenvalue weighted by Crippen LogP contribution is -2.49. The first-order valence-electron chi connectivity index (χ1n) is 16.2. The van der Waals surface area contributed by atoms with Gasteiger partial charge in [-0.2, -0.15) is 4.98 Å². The van der Waals surface area contributed by atoms with Crippen molar-refractivity contribution in [3.8, 4) is 5.69 Å². The van der Waals surface area contributed by atoms with E-state index in [2.05, 4.69) is 27.7 Å². The van der Waals surface area contributed by atoms with Gasteiger partial charge in [0.15, 0.2) is 0 Å². The predicted molar refractivity (Wildman–Crippen MR) is 171 cm³/mol. The molecule has 4 heterocycles. The minimum Gasteiger partial charge on any atom is -0.444 e. The molecule has 3 aromatic rings. The van der Waals surface area contributed by atoms with Gasteiger partial charge in [0.25, 0.3) is 5.56 Å². The van der Waals surface area contributed by atoms with Crippen molar-refractivity contribution < 1.29 is 9.53 Å². The summed E-state index contributed by atoms with van der Waals surface area (Å²) in [4.78, 5) is 35.1. The number of benzene rings is 2. The Balaban J connectivity index is 1.10. The molecule has 0 bridgehead atoms. The maximum Gasteiger partial charge on any atom is 0.410 e. The van der Waals surface area contributed by atoms with Gasteiger partial charge in [-0.15, -0.1) is 0 Å². The van der Waals surface area contributed by atoms with E-state index in [4.69, 9.17) is 21.3 Å². The van der Waals surface area contributed by atoms with Crippen LogP contribution in [0.1, 0.15) is 101 Å². The second kappa shape index (κ2) is 10.9. The van der Waals surface area contributed by atoms with Crippen molar-refractivity contribution in [2.45, 2.75) is 102 Å². The smallest absolute Gasteiger partial charge is 0.410 e. The van der Waals surface area contributed by atoms with E-state index in [1.807, 2.05) is 37.8 Å². The summed E-state index contributed by atoms with van der Waals surface area (Å²) in [5.41, 5.74) is 3.92. The third kappa shape index (κ3) is 5.06. The van der Waals surface area contributed by atoms with Crippen molar-refractivity contribution in [3.63, 3.8) is 0 Å². The van der Waals surface area contributed by atoms with E-state index < -0.39 is 5.60 Å². The van der Waals surface area contributed by atoms with Crippen LogP contribution in [0.15, 0.2) is 41.2 Å². The van der Waals surface area contributed by atoms with Gasteiger partial charge >= 0.3 is 6.09 Å². The molecule has 1 aromatic heterocycles. The molecule has 1 saturated carbocycles. The molecule has 1 aliphatic carbocycles. The Morgan fingerprint density at radius 3 is 2.40 bits per heavy atom. The monoisotopic (exact) mass is 602 g/mol. The van der Waals surface area contributed by atoms with Crippen molar-refractivity contribution in [2.75, 3.05) is 26.2 Å². The summed E-state index contributed by atoms with van der Waals surface area (Å²) in [6, 6.07) is 13.3. The number of ether oxygens (including phenoxy) is 1. The SMILES string of the molecule is CC(C)(C)OC(=O)N1CCC(N2CCC(c3ccc4c(c3)C3(CCCCC3)c3nc(=O)c5c(Cl)cccc5n3-4)CC2)CC1. The van der Waals surface area contributed by atoms with Crippen LogP contribution < -0.4 is 5.56 Å². The molecule has 43 heavy (non-hydrogen) atoms. The van der Waals surface area contributed by atoms with Gasteiger partial charge in [-0.05, 0) is 108 Å². The number of amides is 1. The van der Waals surface area contributed by atoms with Crippen LogP contribution in [0.2, 0.25) is 5.02 Å². The van der Waals surface area contributed by atoms with Crippen LogP contribution in [-0.4, -0.2) is 63.3 Å². The van der Waals surface area contributed by atoms with Crippen LogP contribution in [0, 0.1) is 0 Å². The topological polar surface area (TPSA) is 67.7 Å². The first-order chi connectivity index (χ1) is 20.6. The average Bonchev–Trinajstić information content (AvgIpc) is 3.25. The fourth-order valence-corrected chi connectivity index (χ4v) is 8.53. The molecule has 0 N–H and O–H groups in total. The van der Waals surface area contributed by atoms with Crippen molar-refractivity contribution in [1.29, 1.82) is 0 Å². The Hall–Kier alpha value is -2.90. The Bertz CT molecular complexity index is 1600. The van der Waals surface area contributed by atoms with Gasteiger partial charge in [0.2, 0.25) is 0 Å². The molecule has 7 nitrogen and oxygen atoms in total. The van der Waals surface area contributed by atoms with E-state index in [-0.39, 0.29) is 17.1 Å². The number of fused-ring (bicyclic) bond motifs is 7. The number of halogens is 1. The van der Waals surface area contributed by atoms with Gasteiger partial charge in [-0.1, -0.05) is 49.1 Å². The molecule has 3 aliphatic heterocycles. The molecule has 1 spiro atoms. The van der Waals surface area contributed by atoms with E-state index in [1.165, 1.54) is 17.5 Å². The third-order valence-electron chi connectivity index (χ3n) is 10.4. The van der Waals surface area contributed by atoms with Crippen LogP contribution in [0.3, 0.4) is 0 Å². The number of nitrogens with zero attached hydrogens (tertiary/aromatic N) is 4. The van der Waals surface area contributed by atoms with Crippen LogP contribution in [0.4, 0.5) is 4.79 Å². The molecule has 1 amide bonds. The summed E-state index contributed by atoms with van der Waals surface area (Å²) >= 11 is 6.53. The number of likely N-dealkylation sites (tertiary alicyclic amines) is 2. The summed E-state index contributed by atoms with van der Waals surface area (Å²) in [6.07, 6.45) is 9.70. The van der Waals surface area contributed by atoms with Gasteiger partial charge in [0.1, 0.15) is 11.4 Å². The second-order valence-corrected chi connectivity index (χ2v) is 14.5.